The molecule has 1 aliphatic rings. The third-order valence-corrected chi connectivity index (χ3v) is 4.59. The summed E-state index contributed by atoms with van der Waals surface area (Å²) in [6, 6.07) is 6.82. The highest BCUT2D eigenvalue weighted by molar-refractivity contribution is 7.09. The van der Waals surface area contributed by atoms with Gasteiger partial charge in [-0.1, -0.05) is 18.2 Å². The van der Waals surface area contributed by atoms with E-state index in [0.29, 0.717) is 12.2 Å². The predicted octanol–water partition coefficient (Wildman–Crippen LogP) is 3.46. The Kier molecular flexibility index (Phi) is 4.95. The molecule has 1 aromatic heterocycles. The molecule has 1 fully saturated rings. The van der Waals surface area contributed by atoms with Crippen molar-refractivity contribution in [2.75, 3.05) is 13.1 Å². The van der Waals surface area contributed by atoms with Crippen molar-refractivity contribution in [2.24, 2.45) is 0 Å². The molecule has 1 saturated heterocycles. The van der Waals surface area contributed by atoms with Crippen LogP contribution in [0.2, 0.25) is 0 Å². The molecule has 0 atom stereocenters. The minimum Gasteiger partial charge on any atom is -0.373 e. The Morgan fingerprint density at radius 1 is 1.29 bits per heavy atom. The van der Waals surface area contributed by atoms with E-state index in [0.717, 1.165) is 32.5 Å². The van der Waals surface area contributed by atoms with Gasteiger partial charge in [-0.25, -0.2) is 4.39 Å². The van der Waals surface area contributed by atoms with E-state index in [1.807, 2.05) is 17.8 Å². The SMILES string of the molecule is Fc1ccccc1COC1CCN(Cc2cncs2)CC1. The molecule has 0 unspecified atom stereocenters. The molecule has 0 amide bonds. The van der Waals surface area contributed by atoms with Crippen molar-refractivity contribution in [1.29, 1.82) is 0 Å². The lowest BCUT2D eigenvalue weighted by molar-refractivity contribution is -0.00477. The normalized spacial score (nSPS) is 17.2. The lowest BCUT2D eigenvalue weighted by Gasteiger charge is -2.31. The molecule has 3 nitrogen and oxygen atoms in total. The van der Waals surface area contributed by atoms with E-state index in [-0.39, 0.29) is 11.9 Å². The van der Waals surface area contributed by atoms with Crippen LogP contribution in [0.15, 0.2) is 36.0 Å². The van der Waals surface area contributed by atoms with Gasteiger partial charge >= 0.3 is 0 Å². The van der Waals surface area contributed by atoms with Gasteiger partial charge in [-0.3, -0.25) is 9.88 Å². The Morgan fingerprint density at radius 2 is 2.10 bits per heavy atom. The number of likely N-dealkylation sites (tertiary alicyclic amines) is 1. The molecule has 0 N–H and O–H groups in total. The molecule has 3 rings (SSSR count). The van der Waals surface area contributed by atoms with Crippen LogP contribution in [0, 0.1) is 5.82 Å². The summed E-state index contributed by atoms with van der Waals surface area (Å²) in [5.41, 5.74) is 2.52. The maximum absolute atomic E-state index is 13.5. The molecule has 2 aromatic rings. The fourth-order valence-electron chi connectivity index (χ4n) is 2.60. The third kappa shape index (κ3) is 4.09. The fourth-order valence-corrected chi connectivity index (χ4v) is 3.23. The predicted molar refractivity (Wildman–Crippen MR) is 81.6 cm³/mol. The zero-order chi connectivity index (χ0) is 14.5. The van der Waals surface area contributed by atoms with Crippen LogP contribution < -0.4 is 0 Å². The number of ether oxygens (including phenoxy) is 1. The number of rotatable bonds is 5. The van der Waals surface area contributed by atoms with Crippen molar-refractivity contribution in [3.05, 3.63) is 52.2 Å². The topological polar surface area (TPSA) is 25.4 Å². The summed E-state index contributed by atoms with van der Waals surface area (Å²) in [4.78, 5) is 7.84. The van der Waals surface area contributed by atoms with Gasteiger partial charge in [0.25, 0.3) is 0 Å². The van der Waals surface area contributed by atoms with Gasteiger partial charge in [0.15, 0.2) is 0 Å². The molecule has 0 radical (unpaired) electrons. The van der Waals surface area contributed by atoms with Crippen LogP contribution in [0.5, 0.6) is 0 Å². The number of nitrogens with zero attached hydrogens (tertiary/aromatic N) is 2. The molecule has 5 heteroatoms. The summed E-state index contributed by atoms with van der Waals surface area (Å²) >= 11 is 1.70. The molecule has 1 aliphatic heterocycles. The molecule has 21 heavy (non-hydrogen) atoms. The molecule has 0 saturated carbocycles. The quantitative estimate of drug-likeness (QED) is 0.846. The van der Waals surface area contributed by atoms with E-state index >= 15 is 0 Å². The highest BCUT2D eigenvalue weighted by Gasteiger charge is 2.20. The second-order valence-corrected chi connectivity index (χ2v) is 6.32. The maximum atomic E-state index is 13.5. The fraction of sp³-hybridized carbons (Fsp3) is 0.438. The second kappa shape index (κ2) is 7.11. The number of aromatic nitrogens is 1. The van der Waals surface area contributed by atoms with Gasteiger partial charge in [0.1, 0.15) is 5.82 Å². The van der Waals surface area contributed by atoms with Crippen molar-refractivity contribution >= 4 is 11.3 Å². The Labute approximate surface area is 128 Å². The van der Waals surface area contributed by atoms with Crippen molar-refractivity contribution in [3.63, 3.8) is 0 Å². The van der Waals surface area contributed by atoms with E-state index < -0.39 is 0 Å². The second-order valence-electron chi connectivity index (χ2n) is 5.35. The van der Waals surface area contributed by atoms with Gasteiger partial charge in [0, 0.05) is 36.3 Å². The average Bonchev–Trinajstić information content (AvgIpc) is 3.01. The lowest BCUT2D eigenvalue weighted by Crippen LogP contribution is -2.36. The van der Waals surface area contributed by atoms with Gasteiger partial charge in [0.05, 0.1) is 18.2 Å². The molecule has 112 valence electrons. The first kappa shape index (κ1) is 14.6. The Balaban J connectivity index is 1.43. The lowest BCUT2D eigenvalue weighted by atomic mass is 10.1. The van der Waals surface area contributed by atoms with Crippen molar-refractivity contribution in [2.45, 2.75) is 32.1 Å². The summed E-state index contributed by atoms with van der Waals surface area (Å²) < 4.78 is 19.4. The minimum absolute atomic E-state index is 0.180. The van der Waals surface area contributed by atoms with Crippen LogP contribution >= 0.6 is 11.3 Å². The van der Waals surface area contributed by atoms with Crippen molar-refractivity contribution < 1.29 is 9.13 Å². The molecule has 0 spiro atoms. The highest BCUT2D eigenvalue weighted by Crippen LogP contribution is 2.19. The number of hydrogen-bond acceptors (Lipinski definition) is 4. The summed E-state index contributed by atoms with van der Waals surface area (Å²) in [5, 5.41) is 0. The molecule has 0 aliphatic carbocycles. The van der Waals surface area contributed by atoms with Crippen LogP contribution in [-0.4, -0.2) is 29.1 Å². The summed E-state index contributed by atoms with van der Waals surface area (Å²) in [6.45, 7) is 3.40. The van der Waals surface area contributed by atoms with Gasteiger partial charge in [-0.2, -0.15) is 0 Å². The molecular weight excluding hydrogens is 287 g/mol. The van der Waals surface area contributed by atoms with Crippen LogP contribution in [0.25, 0.3) is 0 Å². The summed E-state index contributed by atoms with van der Waals surface area (Å²) in [7, 11) is 0. The van der Waals surface area contributed by atoms with Crippen LogP contribution in [0.4, 0.5) is 4.39 Å². The number of thiazole rings is 1. The van der Waals surface area contributed by atoms with Crippen molar-refractivity contribution in [3.8, 4) is 0 Å². The third-order valence-electron chi connectivity index (χ3n) is 3.83. The van der Waals surface area contributed by atoms with Crippen LogP contribution in [-0.2, 0) is 17.9 Å². The smallest absolute Gasteiger partial charge is 0.128 e. The number of benzene rings is 1. The van der Waals surface area contributed by atoms with E-state index in [4.69, 9.17) is 4.74 Å². The summed E-state index contributed by atoms with van der Waals surface area (Å²) in [6.07, 6.45) is 4.19. The zero-order valence-corrected chi connectivity index (χ0v) is 12.7. The Hall–Kier alpha value is -1.30. The van der Waals surface area contributed by atoms with E-state index in [1.165, 1.54) is 10.9 Å². The first-order valence-electron chi connectivity index (χ1n) is 7.26. The largest absolute Gasteiger partial charge is 0.373 e. The van der Waals surface area contributed by atoms with Crippen molar-refractivity contribution in [1.82, 2.24) is 9.88 Å². The highest BCUT2D eigenvalue weighted by atomic mass is 32.1. The molecule has 1 aromatic carbocycles. The molecule has 2 heterocycles. The van der Waals surface area contributed by atoms with Crippen LogP contribution in [0.3, 0.4) is 0 Å². The van der Waals surface area contributed by atoms with Gasteiger partial charge in [-0.15, -0.1) is 11.3 Å². The zero-order valence-electron chi connectivity index (χ0n) is 11.9. The van der Waals surface area contributed by atoms with E-state index in [9.17, 15) is 4.39 Å². The van der Waals surface area contributed by atoms with Gasteiger partial charge < -0.3 is 4.74 Å². The van der Waals surface area contributed by atoms with E-state index in [2.05, 4.69) is 9.88 Å². The standard InChI is InChI=1S/C16H19FN2OS/c17-16-4-2-1-3-13(16)11-20-14-5-7-19(8-6-14)10-15-9-18-12-21-15/h1-4,9,12,14H,5-8,10-11H2. The first-order valence-corrected chi connectivity index (χ1v) is 8.14. The maximum Gasteiger partial charge on any atom is 0.128 e. The molecule has 0 bridgehead atoms. The minimum atomic E-state index is -0.180. The number of halogens is 1. The number of piperidine rings is 1. The average molecular weight is 306 g/mol. The summed E-state index contributed by atoms with van der Waals surface area (Å²) in [5.74, 6) is -0.180. The van der Waals surface area contributed by atoms with Gasteiger partial charge in [-0.05, 0) is 18.9 Å². The molecular formula is C16H19FN2OS. The first-order chi connectivity index (χ1) is 10.3. The van der Waals surface area contributed by atoms with Gasteiger partial charge in [0.2, 0.25) is 0 Å². The van der Waals surface area contributed by atoms with E-state index in [1.54, 1.807) is 23.5 Å². The number of hydrogen-bond donors (Lipinski definition) is 0. The Bertz CT molecular complexity index is 553. The Morgan fingerprint density at radius 3 is 2.81 bits per heavy atom. The van der Waals surface area contributed by atoms with Crippen LogP contribution in [0.1, 0.15) is 23.3 Å². The monoisotopic (exact) mass is 306 g/mol.